The van der Waals surface area contributed by atoms with E-state index < -0.39 is 0 Å². The minimum Gasteiger partial charge on any atom is -0.491 e. The smallest absolute Gasteiger partial charge is 0.268 e. The Balaban J connectivity index is 2.39. The lowest BCUT2D eigenvalue weighted by atomic mass is 10.2. The van der Waals surface area contributed by atoms with Crippen molar-refractivity contribution in [2.24, 2.45) is 7.05 Å². The van der Waals surface area contributed by atoms with Gasteiger partial charge in [0.25, 0.3) is 5.56 Å². The average Bonchev–Trinajstić information content (AvgIpc) is 2.84. The Morgan fingerprint density at radius 1 is 1.14 bits per heavy atom. The van der Waals surface area contributed by atoms with Gasteiger partial charge in [0, 0.05) is 24.6 Å². The van der Waals surface area contributed by atoms with Gasteiger partial charge in [-0.15, -0.1) is 0 Å². The van der Waals surface area contributed by atoms with Gasteiger partial charge in [-0.2, -0.15) is 0 Å². The van der Waals surface area contributed by atoms with Crippen LogP contribution < -0.4 is 10.3 Å². The molecule has 4 nitrogen and oxygen atoms in total. The van der Waals surface area contributed by atoms with E-state index in [0.717, 1.165) is 23.3 Å². The highest BCUT2D eigenvalue weighted by molar-refractivity contribution is 5.86. The van der Waals surface area contributed by atoms with Crippen LogP contribution in [0.3, 0.4) is 0 Å². The van der Waals surface area contributed by atoms with E-state index in [2.05, 4.69) is 13.0 Å². The number of ether oxygens (including phenoxy) is 1. The second-order valence-electron chi connectivity index (χ2n) is 5.26. The van der Waals surface area contributed by atoms with Crippen LogP contribution in [-0.4, -0.2) is 15.7 Å². The molecule has 0 aliphatic carbocycles. The Kier molecular flexibility index (Phi) is 3.75. The summed E-state index contributed by atoms with van der Waals surface area (Å²) in [7, 11) is 1.94. The van der Waals surface area contributed by atoms with Gasteiger partial charge in [-0.25, -0.2) is 0 Å². The molecular formula is C18H20N2O2. The maximum Gasteiger partial charge on any atom is 0.268 e. The summed E-state index contributed by atoms with van der Waals surface area (Å²) in [5.41, 5.74) is 2.77. The molecular weight excluding hydrogens is 276 g/mol. The Hall–Kier alpha value is -2.49. The molecule has 0 aliphatic heterocycles. The van der Waals surface area contributed by atoms with E-state index in [9.17, 15) is 4.79 Å². The van der Waals surface area contributed by atoms with Gasteiger partial charge in [0.15, 0.2) is 0 Å². The van der Waals surface area contributed by atoms with Crippen LogP contribution in [0.25, 0.3) is 16.6 Å². The third kappa shape index (κ3) is 2.21. The van der Waals surface area contributed by atoms with E-state index in [1.54, 1.807) is 4.57 Å². The molecule has 0 saturated carbocycles. The summed E-state index contributed by atoms with van der Waals surface area (Å²) >= 11 is 0. The second kappa shape index (κ2) is 5.72. The summed E-state index contributed by atoms with van der Waals surface area (Å²) in [6.45, 7) is 4.53. The summed E-state index contributed by atoms with van der Waals surface area (Å²) in [4.78, 5) is 13.1. The highest BCUT2D eigenvalue weighted by Gasteiger charge is 2.17. The number of hydrogen-bond acceptors (Lipinski definition) is 2. The molecule has 0 spiro atoms. The summed E-state index contributed by atoms with van der Waals surface area (Å²) in [6, 6.07) is 11.8. The molecule has 0 atom stereocenters. The lowest BCUT2D eigenvalue weighted by molar-refractivity contribution is 0.343. The van der Waals surface area contributed by atoms with E-state index in [1.807, 2.05) is 55.1 Å². The molecule has 0 fully saturated rings. The van der Waals surface area contributed by atoms with Gasteiger partial charge in [0.05, 0.1) is 12.1 Å². The second-order valence-corrected chi connectivity index (χ2v) is 5.26. The first-order valence-corrected chi connectivity index (χ1v) is 7.59. The largest absolute Gasteiger partial charge is 0.491 e. The number of rotatable bonds is 4. The summed E-state index contributed by atoms with van der Waals surface area (Å²) < 4.78 is 9.39. The van der Waals surface area contributed by atoms with Gasteiger partial charge in [-0.3, -0.25) is 9.36 Å². The molecule has 1 aromatic carbocycles. The fourth-order valence-corrected chi connectivity index (χ4v) is 2.85. The minimum atomic E-state index is -0.0235. The van der Waals surface area contributed by atoms with Gasteiger partial charge in [-0.05, 0) is 31.5 Å². The van der Waals surface area contributed by atoms with E-state index in [4.69, 9.17) is 4.74 Å². The van der Waals surface area contributed by atoms with Crippen LogP contribution in [-0.2, 0) is 13.5 Å². The molecule has 0 bridgehead atoms. The number of aryl methyl sites for hydroxylation is 2. The Morgan fingerprint density at radius 2 is 1.86 bits per heavy atom. The molecule has 3 aromatic rings. The van der Waals surface area contributed by atoms with Crippen molar-refractivity contribution in [3.63, 3.8) is 0 Å². The van der Waals surface area contributed by atoms with Gasteiger partial charge in [0.2, 0.25) is 0 Å². The number of fused-ring (bicyclic) bond motifs is 1. The highest BCUT2D eigenvalue weighted by atomic mass is 16.5. The number of benzene rings is 1. The molecule has 2 heterocycles. The molecule has 2 aromatic heterocycles. The minimum absolute atomic E-state index is 0.0235. The number of nitrogens with zero attached hydrogens (tertiary/aromatic N) is 2. The van der Waals surface area contributed by atoms with E-state index in [0.29, 0.717) is 17.7 Å². The molecule has 0 unspecified atom stereocenters. The van der Waals surface area contributed by atoms with Crippen molar-refractivity contribution in [2.45, 2.75) is 20.3 Å². The summed E-state index contributed by atoms with van der Waals surface area (Å²) in [5, 5.41) is 0.644. The molecule has 0 radical (unpaired) electrons. The first-order valence-electron chi connectivity index (χ1n) is 7.59. The van der Waals surface area contributed by atoms with Crippen LogP contribution >= 0.6 is 0 Å². The van der Waals surface area contributed by atoms with Crippen molar-refractivity contribution in [3.05, 3.63) is 58.6 Å². The molecule has 22 heavy (non-hydrogen) atoms. The Bertz CT molecular complexity index is 860. The van der Waals surface area contributed by atoms with Crippen molar-refractivity contribution in [2.75, 3.05) is 6.61 Å². The summed E-state index contributed by atoms with van der Waals surface area (Å²) in [5.74, 6) is 0.650. The fraction of sp³-hybridized carbons (Fsp3) is 0.278. The topological polar surface area (TPSA) is 36.2 Å². The van der Waals surface area contributed by atoms with E-state index >= 15 is 0 Å². The van der Waals surface area contributed by atoms with Gasteiger partial charge in [-0.1, -0.05) is 25.1 Å². The van der Waals surface area contributed by atoms with Crippen LogP contribution in [0, 0.1) is 0 Å². The monoisotopic (exact) mass is 296 g/mol. The molecule has 114 valence electrons. The first-order chi connectivity index (χ1) is 10.7. The Morgan fingerprint density at radius 3 is 2.50 bits per heavy atom. The quantitative estimate of drug-likeness (QED) is 0.740. The van der Waals surface area contributed by atoms with Crippen LogP contribution in [0.15, 0.2) is 47.4 Å². The predicted molar refractivity (Wildman–Crippen MR) is 89.1 cm³/mol. The maximum atomic E-state index is 13.1. The fourth-order valence-electron chi connectivity index (χ4n) is 2.85. The SMILES string of the molecule is CCOc1cn(C)c2cc(CC)n(-c3ccccc3)c(=O)c12. The van der Waals surface area contributed by atoms with Gasteiger partial charge >= 0.3 is 0 Å². The Labute approximate surface area is 129 Å². The maximum absolute atomic E-state index is 13.1. The van der Waals surface area contributed by atoms with Crippen molar-refractivity contribution in [1.29, 1.82) is 0 Å². The first kappa shape index (κ1) is 14.4. The number of para-hydroxylation sites is 1. The zero-order valence-electron chi connectivity index (χ0n) is 13.2. The third-order valence-corrected chi connectivity index (χ3v) is 3.88. The van der Waals surface area contributed by atoms with Crippen LogP contribution in [0.4, 0.5) is 0 Å². The number of hydrogen-bond donors (Lipinski definition) is 0. The third-order valence-electron chi connectivity index (χ3n) is 3.88. The van der Waals surface area contributed by atoms with Crippen molar-refractivity contribution < 1.29 is 4.74 Å². The molecule has 0 aliphatic rings. The van der Waals surface area contributed by atoms with Gasteiger partial charge in [0.1, 0.15) is 11.1 Å². The standard InChI is InChI=1S/C18H20N2O2/c1-4-13-11-15-17(16(22-5-2)12-19(15)3)18(21)20(13)14-9-7-6-8-10-14/h6-12H,4-5H2,1-3H3. The predicted octanol–water partition coefficient (Wildman–Crippen LogP) is 3.29. The molecule has 3 rings (SSSR count). The molecule has 0 amide bonds. The van der Waals surface area contributed by atoms with Crippen LogP contribution in [0.1, 0.15) is 19.5 Å². The zero-order valence-corrected chi connectivity index (χ0v) is 13.2. The van der Waals surface area contributed by atoms with E-state index in [-0.39, 0.29) is 5.56 Å². The number of pyridine rings is 1. The molecule has 0 N–H and O–H groups in total. The van der Waals surface area contributed by atoms with Crippen molar-refractivity contribution >= 4 is 10.9 Å². The lowest BCUT2D eigenvalue weighted by Crippen LogP contribution is -2.22. The molecule has 0 saturated heterocycles. The zero-order chi connectivity index (χ0) is 15.7. The van der Waals surface area contributed by atoms with Crippen molar-refractivity contribution in [1.82, 2.24) is 9.13 Å². The average molecular weight is 296 g/mol. The van der Waals surface area contributed by atoms with Gasteiger partial charge < -0.3 is 9.30 Å². The highest BCUT2D eigenvalue weighted by Crippen LogP contribution is 2.26. The summed E-state index contributed by atoms with van der Waals surface area (Å²) in [6.07, 6.45) is 2.67. The van der Waals surface area contributed by atoms with Crippen LogP contribution in [0.2, 0.25) is 0 Å². The molecule has 4 heteroatoms. The lowest BCUT2D eigenvalue weighted by Gasteiger charge is -2.13. The van der Waals surface area contributed by atoms with Crippen LogP contribution in [0.5, 0.6) is 5.75 Å². The normalized spacial score (nSPS) is 11.0. The number of aromatic nitrogens is 2. The van der Waals surface area contributed by atoms with Crippen molar-refractivity contribution in [3.8, 4) is 11.4 Å². The van der Waals surface area contributed by atoms with E-state index in [1.165, 1.54) is 0 Å².